The minimum absolute atomic E-state index is 0.0567. The number of likely N-dealkylation sites (N-methyl/N-ethyl adjacent to an activating group) is 1. The number of hydrogen-bond acceptors (Lipinski definition) is 22. The normalized spacial score (nSPS) is 18.0. The lowest BCUT2D eigenvalue weighted by atomic mass is 9.97. The van der Waals surface area contributed by atoms with Gasteiger partial charge in [0.1, 0.15) is 51.7 Å². The summed E-state index contributed by atoms with van der Waals surface area (Å²) in [5.41, 5.74) is -5.93. The van der Waals surface area contributed by atoms with E-state index in [-0.39, 0.29) is 124 Å². The monoisotopic (exact) mass is 2010 g/mol. The first kappa shape index (κ1) is 98.8. The fourth-order valence-corrected chi connectivity index (χ4v) is 22.6. The summed E-state index contributed by atoms with van der Waals surface area (Å²) in [6.45, 7) is 31.8. The highest BCUT2D eigenvalue weighted by molar-refractivity contribution is 7.91. The number of aryl methyl sites for hydroxylation is 3. The summed E-state index contributed by atoms with van der Waals surface area (Å²) in [5.74, 6) is -20.4. The fourth-order valence-electron chi connectivity index (χ4n) is 19.7. The maximum atomic E-state index is 17.1. The zero-order valence-corrected chi connectivity index (χ0v) is 80.0. The van der Waals surface area contributed by atoms with Crippen LogP contribution in [-0.2, 0) is 33.8 Å². The largest absolute Gasteiger partial charge is 0.507 e. The van der Waals surface area contributed by atoms with Crippen molar-refractivity contribution in [1.29, 1.82) is 0 Å². The van der Waals surface area contributed by atoms with Crippen LogP contribution in [0, 0.1) is 73.1 Å². The number of pyridine rings is 3. The Morgan fingerprint density at radius 1 is 0.443 bits per heavy atom. The number of fused-ring (bicyclic) bond motifs is 6. The van der Waals surface area contributed by atoms with Crippen molar-refractivity contribution in [3.05, 3.63) is 244 Å². The third-order valence-electron chi connectivity index (χ3n) is 25.8. The van der Waals surface area contributed by atoms with Crippen LogP contribution in [0.3, 0.4) is 0 Å². The second-order valence-electron chi connectivity index (χ2n) is 35.7. The van der Waals surface area contributed by atoms with Gasteiger partial charge >= 0.3 is 17.1 Å². The van der Waals surface area contributed by atoms with E-state index in [9.17, 15) is 75.3 Å². The van der Waals surface area contributed by atoms with Crippen molar-refractivity contribution in [3.8, 4) is 67.7 Å². The van der Waals surface area contributed by atoms with Gasteiger partial charge < -0.3 is 54.9 Å². The van der Waals surface area contributed by atoms with Gasteiger partial charge in [-0.25, -0.2) is 62.3 Å². The van der Waals surface area contributed by atoms with Gasteiger partial charge in [-0.3, -0.25) is 52.6 Å². The standard InChI is InChI=1S/C33H30ClF3N6O4.C32H28ClF3N6O4.C32H29ClF3N5O5S/c1-7-20(45)41-12-16(5)42-18(13-41)32(46)40(6)30-23-29(24(34)22(26(30)37)21-19(44)9-8-17(35)25(21)36)43(33(47)39-31(23)42)28-15(4)10-11-38-27(28)14(2)3;1-6-19(44)40-11-15(5)41-17(12-40)31(45)38-27-22-29(23(33)21(25(27)36)20-18(43)8-7-16(34)24(20)35)42(32(46)39-30(22)41)28-14(4)9-10-37-26(28)13(2)3;1-6-20(43)39-11-16(5)40-17(12-39)13-47(45,46)30-23-29(24(33)22(26(30)36)21-19(42)8-7-18(34)25(21)35)41(32(44)38-31(23)40)28-15(4)9-10-37-27(28)14(2)3/h7-11,14,16,18,44H,1,12-13H2,2-6H3;6-10,13,15,17,43H,1,11-12H2,2-5H3,(H,38,45);6-10,14,16-17,42H,1,11-13H2,2-5H3. The van der Waals surface area contributed by atoms with Crippen LogP contribution in [0.5, 0.6) is 17.2 Å². The Morgan fingerprint density at radius 2 is 0.779 bits per heavy atom. The molecule has 6 aliphatic rings. The van der Waals surface area contributed by atoms with Crippen LogP contribution < -0.4 is 42.0 Å². The Balaban J connectivity index is 0.000000151. The van der Waals surface area contributed by atoms with Crippen LogP contribution >= 0.6 is 34.8 Å². The molecule has 3 saturated heterocycles. The molecule has 6 aromatic heterocycles. The summed E-state index contributed by atoms with van der Waals surface area (Å²) >= 11 is 20.9. The van der Waals surface area contributed by atoms with E-state index in [0.717, 1.165) is 55.0 Å². The summed E-state index contributed by atoms with van der Waals surface area (Å²) in [7, 11) is -3.42. The molecular formula is C97H87Cl3F9N17O13S. The second-order valence-corrected chi connectivity index (χ2v) is 38.8. The molecule has 728 valence electrons. The number of nitrogens with zero attached hydrogens (tertiary/aromatic N) is 16. The molecule has 30 nitrogen and oxygen atoms in total. The molecule has 0 radical (unpaired) electrons. The van der Waals surface area contributed by atoms with Crippen molar-refractivity contribution in [2.75, 3.05) is 77.0 Å². The van der Waals surface area contributed by atoms with Gasteiger partial charge in [-0.1, -0.05) is 96.1 Å². The average Bonchev–Trinajstić information content (AvgIpc) is 1.42. The van der Waals surface area contributed by atoms with E-state index in [2.05, 4.69) is 55.0 Å². The molecule has 43 heteroatoms. The van der Waals surface area contributed by atoms with E-state index >= 15 is 26.3 Å². The third-order valence-corrected chi connectivity index (χ3v) is 28.8. The Labute approximate surface area is 807 Å². The quantitative estimate of drug-likeness (QED) is 0.0652. The van der Waals surface area contributed by atoms with Crippen LogP contribution in [0.2, 0.25) is 15.1 Å². The average molecular weight is 2010 g/mol. The van der Waals surface area contributed by atoms with E-state index in [0.29, 0.717) is 52.0 Å². The summed E-state index contributed by atoms with van der Waals surface area (Å²) in [4.78, 5) is 144. The lowest BCUT2D eigenvalue weighted by Crippen LogP contribution is -2.63. The first-order valence-corrected chi connectivity index (χ1v) is 46.6. The predicted octanol–water partition coefficient (Wildman–Crippen LogP) is 15.5. The van der Waals surface area contributed by atoms with Crippen LogP contribution in [0.15, 0.2) is 130 Å². The zero-order chi connectivity index (χ0) is 102. The van der Waals surface area contributed by atoms with E-state index in [4.69, 9.17) is 34.8 Å². The van der Waals surface area contributed by atoms with Gasteiger partial charge in [0, 0.05) is 86.6 Å². The molecule has 0 spiro atoms. The smallest absolute Gasteiger partial charge is 0.354 e. The van der Waals surface area contributed by atoms with Crippen molar-refractivity contribution in [2.45, 2.75) is 142 Å². The molecule has 6 unspecified atom stereocenters. The molecule has 4 N–H and O–H groups in total. The van der Waals surface area contributed by atoms with Crippen molar-refractivity contribution >= 4 is 136 Å². The van der Waals surface area contributed by atoms with E-state index in [1.165, 1.54) is 32.8 Å². The van der Waals surface area contributed by atoms with Gasteiger partial charge in [-0.2, -0.15) is 15.0 Å². The molecule has 18 rings (SSSR count). The van der Waals surface area contributed by atoms with Gasteiger partial charge in [0.2, 0.25) is 23.6 Å². The fraction of sp³-hybridized carbons (Fsp3) is 0.299. The van der Waals surface area contributed by atoms with E-state index in [1.54, 1.807) is 81.9 Å². The number of phenols is 3. The Hall–Kier alpha value is -14.3. The molecule has 140 heavy (non-hydrogen) atoms. The topological polar surface area (TPSA) is 358 Å². The van der Waals surface area contributed by atoms with Crippen LogP contribution in [-0.4, -0.2) is 200 Å². The lowest BCUT2D eigenvalue weighted by molar-refractivity contribution is -0.130. The molecule has 12 heterocycles. The highest BCUT2D eigenvalue weighted by Crippen LogP contribution is 2.56. The molecule has 0 bridgehead atoms. The number of hydrogen-bond donors (Lipinski definition) is 4. The number of nitrogens with one attached hydrogen (secondary N) is 1. The highest BCUT2D eigenvalue weighted by atomic mass is 35.5. The van der Waals surface area contributed by atoms with Crippen LogP contribution in [0.4, 0.5) is 68.3 Å². The summed E-state index contributed by atoms with van der Waals surface area (Å²) in [6, 6.07) is 4.23. The Kier molecular flexibility index (Phi) is 26.0. The molecule has 0 aliphatic carbocycles. The van der Waals surface area contributed by atoms with Crippen LogP contribution in [0.1, 0.15) is 114 Å². The Bertz CT molecular complexity index is 7800. The number of amides is 5. The number of phenolic OH excluding ortho intramolecular Hbond substituents is 3. The lowest BCUT2D eigenvalue weighted by Gasteiger charge is -2.45. The Morgan fingerprint density at radius 3 is 1.17 bits per heavy atom. The molecular weight excluding hydrogens is 1920 g/mol. The minimum atomic E-state index is -4.70. The SMILES string of the molecule is C=CC(=O)N1CC(C)N2c3nc(=O)n(-c4c(C)ccnc4C(C)C)c4c(Cl)c(-c5c(O)ccc(F)c5F)c(F)c(c34)N(C)C(=O)C2C1.C=CC(=O)N1CC(C)N2c3nc(=O)n(-c4c(C)ccnc4C(C)C)c4c(Cl)c(-c5c(O)ccc(F)c5F)c(F)c(c34)NC(=O)C2C1.C=CC(=O)N1CC(C)N2c3nc(=O)n(-c4c(C)ccnc4C(C)C)c4c(Cl)c(-c5c(O)ccc(F)c5F)c(F)c(c34)S(=O)(=O)CC2C1. The maximum absolute atomic E-state index is 17.1. The predicted molar refractivity (Wildman–Crippen MR) is 509 cm³/mol. The van der Waals surface area contributed by atoms with Gasteiger partial charge in [-0.05, 0) is 149 Å². The van der Waals surface area contributed by atoms with Crippen molar-refractivity contribution < 1.29 is 87.2 Å². The number of piperazine rings is 3. The molecule has 12 aromatic rings. The number of sulfone groups is 1. The van der Waals surface area contributed by atoms with E-state index in [1.807, 2.05) is 41.5 Å². The molecule has 6 aromatic carbocycles. The number of halogens is 12. The van der Waals surface area contributed by atoms with Gasteiger partial charge in [0.15, 0.2) is 62.2 Å². The molecule has 5 amide bonds. The number of carbonyl (C=O) groups excluding carboxylic acids is 5. The molecule has 0 saturated carbocycles. The molecule has 6 atom stereocenters. The first-order valence-electron chi connectivity index (χ1n) is 43.8. The van der Waals surface area contributed by atoms with Gasteiger partial charge in [-0.15, -0.1) is 0 Å². The third kappa shape index (κ3) is 15.8. The number of carbonyl (C=O) groups is 5. The maximum Gasteiger partial charge on any atom is 0.354 e. The molecule has 6 aliphatic heterocycles. The number of benzene rings is 6. The number of rotatable bonds is 12. The van der Waals surface area contributed by atoms with Crippen LogP contribution in [0.25, 0.3) is 83.2 Å². The number of aromatic nitrogens is 9. The van der Waals surface area contributed by atoms with Gasteiger partial charge in [0.25, 0.3) is 5.91 Å². The van der Waals surface area contributed by atoms with Crippen molar-refractivity contribution in [3.63, 3.8) is 0 Å². The van der Waals surface area contributed by atoms with Crippen molar-refractivity contribution in [2.24, 2.45) is 0 Å². The summed E-state index contributed by atoms with van der Waals surface area (Å²) in [6.07, 6.45) is 7.97. The minimum Gasteiger partial charge on any atom is -0.507 e. The van der Waals surface area contributed by atoms with Gasteiger partial charge in [0.05, 0.1) is 135 Å². The second kappa shape index (κ2) is 36.8. The van der Waals surface area contributed by atoms with E-state index < -0.39 is 233 Å². The molecule has 3 fully saturated rings. The van der Waals surface area contributed by atoms with Crippen molar-refractivity contribution in [1.82, 2.24) is 58.3 Å². The zero-order valence-electron chi connectivity index (χ0n) is 77.0. The number of anilines is 5. The summed E-state index contributed by atoms with van der Waals surface area (Å²) < 4.78 is 173. The first-order chi connectivity index (χ1) is 66.1. The highest BCUT2D eigenvalue weighted by Gasteiger charge is 2.51. The number of aromatic hydroxyl groups is 3. The summed E-state index contributed by atoms with van der Waals surface area (Å²) in [5, 5.41) is 32.4.